The molecule has 0 aliphatic heterocycles. The molecule has 0 fully saturated rings. The number of anilines is 1. The highest BCUT2D eigenvalue weighted by atomic mass is 35.5. The van der Waals surface area contributed by atoms with Crippen molar-refractivity contribution in [3.8, 4) is 11.3 Å². The van der Waals surface area contributed by atoms with Crippen LogP contribution in [0, 0.1) is 0 Å². The van der Waals surface area contributed by atoms with E-state index in [0.29, 0.717) is 16.7 Å². The lowest BCUT2D eigenvalue weighted by Gasteiger charge is -1.97. The van der Waals surface area contributed by atoms with Crippen LogP contribution in [0.1, 0.15) is 5.76 Å². The quantitative estimate of drug-likeness (QED) is 0.375. The molecule has 2 aromatic carbocycles. The minimum atomic E-state index is 0. The van der Waals surface area contributed by atoms with E-state index in [1.807, 2.05) is 60.7 Å². The number of nitrogens with one attached hydrogen (secondary N) is 2. The molecule has 0 spiro atoms. The van der Waals surface area contributed by atoms with Crippen molar-refractivity contribution in [1.82, 2.24) is 9.97 Å². The Morgan fingerprint density at radius 3 is 2.80 bits per heavy atom. The van der Waals surface area contributed by atoms with Crippen LogP contribution in [0.3, 0.4) is 0 Å². The maximum atomic E-state index is 6.00. The van der Waals surface area contributed by atoms with Gasteiger partial charge in [-0.05, 0) is 36.4 Å². The first-order valence-electron chi connectivity index (χ1n) is 7.37. The fourth-order valence-electron chi connectivity index (χ4n) is 2.38. The van der Waals surface area contributed by atoms with Crippen molar-refractivity contribution in [3.05, 3.63) is 71.4 Å². The molecule has 0 atom stereocenters. The van der Waals surface area contributed by atoms with Crippen molar-refractivity contribution in [2.24, 2.45) is 5.10 Å². The highest BCUT2D eigenvalue weighted by molar-refractivity contribution is 6.30. The van der Waals surface area contributed by atoms with E-state index in [-0.39, 0.29) is 12.4 Å². The Bertz CT molecular complexity index is 990. The second-order valence-corrected chi connectivity index (χ2v) is 5.62. The van der Waals surface area contributed by atoms with E-state index in [1.165, 1.54) is 0 Å². The van der Waals surface area contributed by atoms with Crippen LogP contribution in [-0.4, -0.2) is 16.2 Å². The summed E-state index contributed by atoms with van der Waals surface area (Å²) in [6.07, 6.45) is 1.60. The average Bonchev–Trinajstić information content (AvgIpc) is 3.21. The largest absolute Gasteiger partial charge is 0.455 e. The number of fused-ring (bicyclic) bond motifs is 1. The van der Waals surface area contributed by atoms with Crippen molar-refractivity contribution < 1.29 is 4.42 Å². The van der Waals surface area contributed by atoms with Gasteiger partial charge in [0.1, 0.15) is 11.5 Å². The van der Waals surface area contributed by atoms with Gasteiger partial charge in [-0.2, -0.15) is 5.10 Å². The third kappa shape index (κ3) is 3.84. The van der Waals surface area contributed by atoms with Crippen LogP contribution in [0.5, 0.6) is 0 Å². The minimum absolute atomic E-state index is 0. The molecule has 0 amide bonds. The van der Waals surface area contributed by atoms with Gasteiger partial charge >= 0.3 is 0 Å². The molecule has 0 bridgehead atoms. The Hall–Kier alpha value is -2.76. The van der Waals surface area contributed by atoms with Crippen LogP contribution in [-0.2, 0) is 0 Å². The lowest BCUT2D eigenvalue weighted by Crippen LogP contribution is -1.91. The van der Waals surface area contributed by atoms with Crippen LogP contribution >= 0.6 is 24.0 Å². The van der Waals surface area contributed by atoms with E-state index in [4.69, 9.17) is 16.0 Å². The van der Waals surface area contributed by atoms with Gasteiger partial charge in [-0.3, -0.25) is 0 Å². The van der Waals surface area contributed by atoms with E-state index in [0.717, 1.165) is 22.4 Å². The molecule has 0 aliphatic carbocycles. The minimum Gasteiger partial charge on any atom is -0.455 e. The number of hydrogen-bond donors (Lipinski definition) is 2. The van der Waals surface area contributed by atoms with E-state index in [1.54, 1.807) is 6.21 Å². The predicted octanol–water partition coefficient (Wildman–Crippen LogP) is 5.34. The van der Waals surface area contributed by atoms with Gasteiger partial charge in [0.15, 0.2) is 0 Å². The maximum absolute atomic E-state index is 6.00. The lowest BCUT2D eigenvalue weighted by molar-refractivity contribution is 0.575. The number of hydrogen-bond acceptors (Lipinski definition) is 4. The standard InChI is InChI=1S/C18H13ClN4O.ClH/c19-13-5-3-4-12(10-13)17-9-8-14(24-17)11-20-23-18-21-15-6-1-2-7-16(15)22-18;/h1-11H,(H2,21,22,23);1H. The molecular formula is C18H14Cl2N4O. The van der Waals surface area contributed by atoms with Crippen molar-refractivity contribution in [2.45, 2.75) is 0 Å². The molecule has 7 heteroatoms. The van der Waals surface area contributed by atoms with Crippen molar-refractivity contribution in [1.29, 1.82) is 0 Å². The zero-order valence-electron chi connectivity index (χ0n) is 12.9. The third-order valence-corrected chi connectivity index (χ3v) is 3.72. The summed E-state index contributed by atoms with van der Waals surface area (Å²) in [6.45, 7) is 0. The van der Waals surface area contributed by atoms with Gasteiger partial charge < -0.3 is 9.40 Å². The van der Waals surface area contributed by atoms with Crippen LogP contribution in [0.15, 0.2) is 70.2 Å². The number of imidazole rings is 1. The molecule has 126 valence electrons. The number of aromatic amines is 1. The molecule has 2 aromatic heterocycles. The normalized spacial score (nSPS) is 10.9. The molecule has 2 N–H and O–H groups in total. The molecule has 0 radical (unpaired) electrons. The van der Waals surface area contributed by atoms with Crippen LogP contribution in [0.2, 0.25) is 5.02 Å². The van der Waals surface area contributed by atoms with Gasteiger partial charge in [0.2, 0.25) is 5.95 Å². The summed E-state index contributed by atoms with van der Waals surface area (Å²) in [5.74, 6) is 1.95. The highest BCUT2D eigenvalue weighted by Crippen LogP contribution is 2.24. The highest BCUT2D eigenvalue weighted by Gasteiger charge is 2.04. The fourth-order valence-corrected chi connectivity index (χ4v) is 2.57. The molecule has 0 saturated heterocycles. The van der Waals surface area contributed by atoms with Crippen molar-refractivity contribution in [2.75, 3.05) is 5.43 Å². The first-order chi connectivity index (χ1) is 11.8. The van der Waals surface area contributed by atoms with Gasteiger partial charge in [-0.1, -0.05) is 35.9 Å². The molecular weight excluding hydrogens is 359 g/mol. The Balaban J connectivity index is 0.00000182. The smallest absolute Gasteiger partial charge is 0.222 e. The first-order valence-corrected chi connectivity index (χ1v) is 7.75. The predicted molar refractivity (Wildman–Crippen MR) is 104 cm³/mol. The van der Waals surface area contributed by atoms with E-state index in [2.05, 4.69) is 20.5 Å². The van der Waals surface area contributed by atoms with E-state index in [9.17, 15) is 0 Å². The zero-order chi connectivity index (χ0) is 16.4. The molecule has 4 rings (SSSR count). The number of benzene rings is 2. The Labute approximate surface area is 155 Å². The number of furan rings is 1. The summed E-state index contributed by atoms with van der Waals surface area (Å²) >= 11 is 6.00. The van der Waals surface area contributed by atoms with Gasteiger partial charge in [-0.15, -0.1) is 12.4 Å². The summed E-state index contributed by atoms with van der Waals surface area (Å²) in [5.41, 5.74) is 5.63. The van der Waals surface area contributed by atoms with Crippen LogP contribution in [0.4, 0.5) is 5.95 Å². The number of rotatable bonds is 4. The Kier molecular flexibility index (Phi) is 5.07. The van der Waals surface area contributed by atoms with Crippen molar-refractivity contribution >= 4 is 47.2 Å². The molecule has 25 heavy (non-hydrogen) atoms. The third-order valence-electron chi connectivity index (χ3n) is 3.49. The van der Waals surface area contributed by atoms with E-state index >= 15 is 0 Å². The number of nitrogens with zero attached hydrogens (tertiary/aromatic N) is 2. The summed E-state index contributed by atoms with van der Waals surface area (Å²) in [4.78, 5) is 7.52. The summed E-state index contributed by atoms with van der Waals surface area (Å²) in [6, 6.07) is 19.0. The van der Waals surface area contributed by atoms with Crippen LogP contribution in [0.25, 0.3) is 22.4 Å². The average molecular weight is 373 g/mol. The molecule has 5 nitrogen and oxygen atoms in total. The van der Waals surface area contributed by atoms with Gasteiger partial charge in [0.25, 0.3) is 0 Å². The summed E-state index contributed by atoms with van der Waals surface area (Å²) in [5, 5.41) is 4.82. The maximum Gasteiger partial charge on any atom is 0.222 e. The zero-order valence-corrected chi connectivity index (χ0v) is 14.5. The van der Waals surface area contributed by atoms with Crippen molar-refractivity contribution in [3.63, 3.8) is 0 Å². The Morgan fingerprint density at radius 1 is 1.08 bits per heavy atom. The number of H-pyrrole nitrogens is 1. The van der Waals surface area contributed by atoms with E-state index < -0.39 is 0 Å². The van der Waals surface area contributed by atoms with Gasteiger partial charge in [0.05, 0.1) is 17.2 Å². The number of halogens is 2. The SMILES string of the molecule is Cl.Clc1cccc(-c2ccc(C=NNc3nc4ccccc4[nH]3)o2)c1. The monoisotopic (exact) mass is 372 g/mol. The van der Waals surface area contributed by atoms with Crippen LogP contribution < -0.4 is 5.43 Å². The topological polar surface area (TPSA) is 66.2 Å². The molecule has 0 unspecified atom stereocenters. The summed E-state index contributed by atoms with van der Waals surface area (Å²) < 4.78 is 5.74. The number of aromatic nitrogens is 2. The fraction of sp³-hybridized carbons (Fsp3) is 0. The van der Waals surface area contributed by atoms with Gasteiger partial charge in [-0.25, -0.2) is 10.4 Å². The second-order valence-electron chi connectivity index (χ2n) is 5.18. The Morgan fingerprint density at radius 2 is 1.96 bits per heavy atom. The molecule has 0 saturated carbocycles. The number of hydrazone groups is 1. The second kappa shape index (κ2) is 7.42. The molecule has 4 aromatic rings. The summed E-state index contributed by atoms with van der Waals surface area (Å²) in [7, 11) is 0. The molecule has 0 aliphatic rings. The molecule has 2 heterocycles. The first kappa shape index (κ1) is 17.1. The van der Waals surface area contributed by atoms with Gasteiger partial charge in [0, 0.05) is 10.6 Å². The lowest BCUT2D eigenvalue weighted by atomic mass is 10.2. The number of para-hydroxylation sites is 2.